The Morgan fingerprint density at radius 3 is 2.52 bits per heavy atom. The van der Waals surface area contributed by atoms with Gasteiger partial charge in [0, 0.05) is 5.56 Å². The summed E-state index contributed by atoms with van der Waals surface area (Å²) in [6, 6.07) is 12.8. The lowest BCUT2D eigenvalue weighted by Crippen LogP contribution is -2.01. The van der Waals surface area contributed by atoms with Crippen LogP contribution in [0.15, 0.2) is 59.4 Å². The van der Waals surface area contributed by atoms with Crippen molar-refractivity contribution in [2.45, 2.75) is 0 Å². The molecule has 0 saturated carbocycles. The van der Waals surface area contributed by atoms with E-state index >= 15 is 0 Å². The highest BCUT2D eigenvalue weighted by Gasteiger charge is 2.09. The minimum atomic E-state index is -0.589. The van der Waals surface area contributed by atoms with Crippen LogP contribution in [-0.2, 0) is 0 Å². The van der Waals surface area contributed by atoms with Crippen molar-refractivity contribution >= 4 is 11.9 Å². The van der Waals surface area contributed by atoms with E-state index in [1.54, 1.807) is 25.3 Å². The van der Waals surface area contributed by atoms with Crippen molar-refractivity contribution < 1.29 is 14.6 Å². The number of ketones is 1. The van der Waals surface area contributed by atoms with Crippen molar-refractivity contribution in [3.05, 3.63) is 76.0 Å². The van der Waals surface area contributed by atoms with Crippen LogP contribution in [0.5, 0.6) is 11.5 Å². The number of para-hydroxylation sites is 1. The van der Waals surface area contributed by atoms with Crippen LogP contribution in [0.4, 0.5) is 0 Å². The van der Waals surface area contributed by atoms with Gasteiger partial charge in [-0.25, -0.2) is 0 Å². The molecule has 0 fully saturated rings. The number of allylic oxidation sites excluding steroid dienone is 1. The molecule has 0 heterocycles. The number of hydrogen-bond donors (Lipinski definition) is 1. The summed E-state index contributed by atoms with van der Waals surface area (Å²) in [7, 11) is 1.54. The van der Waals surface area contributed by atoms with Crippen molar-refractivity contribution in [1.82, 2.24) is 0 Å². The molecule has 106 valence electrons. The summed E-state index contributed by atoms with van der Waals surface area (Å²) in [5, 5.41) is 9.73. The summed E-state index contributed by atoms with van der Waals surface area (Å²) in [6.07, 6.45) is 2.88. The van der Waals surface area contributed by atoms with Crippen molar-refractivity contribution in [1.29, 1.82) is 0 Å². The van der Waals surface area contributed by atoms with Gasteiger partial charge in [-0.3, -0.25) is 9.59 Å². The number of rotatable bonds is 4. The lowest BCUT2D eigenvalue weighted by atomic mass is 10.1. The SMILES string of the molecule is COc1ccccc1C=CC(=O)c1ccccc(=O)c1O. The van der Waals surface area contributed by atoms with Crippen LogP contribution in [0.1, 0.15) is 15.9 Å². The van der Waals surface area contributed by atoms with E-state index in [9.17, 15) is 14.7 Å². The zero-order chi connectivity index (χ0) is 15.2. The second-order valence-electron chi connectivity index (χ2n) is 4.28. The van der Waals surface area contributed by atoms with E-state index in [1.807, 2.05) is 12.1 Å². The molecule has 0 aliphatic carbocycles. The molecule has 2 aromatic carbocycles. The van der Waals surface area contributed by atoms with E-state index < -0.39 is 17.0 Å². The van der Waals surface area contributed by atoms with Crippen LogP contribution in [-0.4, -0.2) is 18.0 Å². The molecule has 0 amide bonds. The molecule has 0 atom stereocenters. The fraction of sp³-hybridized carbons (Fsp3) is 0.0588. The summed E-state index contributed by atoms with van der Waals surface area (Å²) in [4.78, 5) is 23.6. The number of methoxy groups -OCH3 is 1. The standard InChI is InChI=1S/C17H14O4/c1-21-16-9-5-2-6-12(16)10-11-14(18)13-7-3-4-8-15(19)17(13)20/h2-11H,1H3,(H,19,20). The Morgan fingerprint density at radius 2 is 1.76 bits per heavy atom. The maximum Gasteiger partial charge on any atom is 0.220 e. The Labute approximate surface area is 121 Å². The first-order valence-electron chi connectivity index (χ1n) is 6.31. The van der Waals surface area contributed by atoms with Crippen LogP contribution >= 0.6 is 0 Å². The van der Waals surface area contributed by atoms with E-state index in [-0.39, 0.29) is 5.56 Å². The lowest BCUT2D eigenvalue weighted by Gasteiger charge is -2.03. The van der Waals surface area contributed by atoms with Gasteiger partial charge in [0.15, 0.2) is 11.5 Å². The Kier molecular flexibility index (Phi) is 4.51. The lowest BCUT2D eigenvalue weighted by molar-refractivity contribution is 0.104. The van der Waals surface area contributed by atoms with Crippen molar-refractivity contribution in [2.24, 2.45) is 0 Å². The van der Waals surface area contributed by atoms with Crippen LogP contribution < -0.4 is 10.2 Å². The summed E-state index contributed by atoms with van der Waals surface area (Å²) in [5.41, 5.74) is 0.112. The summed E-state index contributed by atoms with van der Waals surface area (Å²) in [6.45, 7) is 0. The van der Waals surface area contributed by atoms with E-state index in [2.05, 4.69) is 0 Å². The van der Waals surface area contributed by atoms with Crippen molar-refractivity contribution in [3.63, 3.8) is 0 Å². The van der Waals surface area contributed by atoms with Gasteiger partial charge in [0.25, 0.3) is 0 Å². The first-order chi connectivity index (χ1) is 10.1. The van der Waals surface area contributed by atoms with Gasteiger partial charge < -0.3 is 9.84 Å². The normalized spacial score (nSPS) is 10.5. The van der Waals surface area contributed by atoms with Gasteiger partial charge in [-0.05, 0) is 30.4 Å². The number of benzene rings is 1. The molecule has 2 aromatic rings. The highest BCUT2D eigenvalue weighted by molar-refractivity contribution is 6.08. The van der Waals surface area contributed by atoms with Crippen molar-refractivity contribution in [3.8, 4) is 11.5 Å². The predicted octanol–water partition coefficient (Wildman–Crippen LogP) is 2.66. The monoisotopic (exact) mass is 282 g/mol. The molecule has 0 aliphatic rings. The van der Waals surface area contributed by atoms with Gasteiger partial charge in [0.05, 0.1) is 12.7 Å². The number of carbonyl (C=O) groups excluding carboxylic acids is 1. The zero-order valence-corrected chi connectivity index (χ0v) is 11.4. The zero-order valence-electron chi connectivity index (χ0n) is 11.4. The molecule has 0 unspecified atom stereocenters. The second-order valence-corrected chi connectivity index (χ2v) is 4.28. The largest absolute Gasteiger partial charge is 0.504 e. The molecule has 0 aromatic heterocycles. The van der Waals surface area contributed by atoms with Gasteiger partial charge in [0.2, 0.25) is 5.43 Å². The van der Waals surface area contributed by atoms with Gasteiger partial charge in [-0.15, -0.1) is 0 Å². The molecule has 4 nitrogen and oxygen atoms in total. The number of ether oxygens (including phenoxy) is 1. The number of carbonyl (C=O) groups is 1. The molecule has 4 heteroatoms. The van der Waals surface area contributed by atoms with Crippen LogP contribution in [0, 0.1) is 0 Å². The smallest absolute Gasteiger partial charge is 0.220 e. The number of hydrogen-bond acceptors (Lipinski definition) is 4. The molecule has 0 bridgehead atoms. The van der Waals surface area contributed by atoms with Crippen LogP contribution in [0.25, 0.3) is 6.08 Å². The average molecular weight is 282 g/mol. The minimum absolute atomic E-state index is 0.0313. The Bertz CT molecular complexity index is 748. The fourth-order valence-electron chi connectivity index (χ4n) is 1.84. The third-order valence-electron chi connectivity index (χ3n) is 2.93. The molecular weight excluding hydrogens is 268 g/mol. The van der Waals surface area contributed by atoms with Crippen molar-refractivity contribution in [2.75, 3.05) is 7.11 Å². The highest BCUT2D eigenvalue weighted by Crippen LogP contribution is 2.19. The highest BCUT2D eigenvalue weighted by atomic mass is 16.5. The van der Waals surface area contributed by atoms with Crippen LogP contribution in [0.3, 0.4) is 0 Å². The molecule has 0 saturated heterocycles. The topological polar surface area (TPSA) is 63.6 Å². The van der Waals surface area contributed by atoms with E-state index in [4.69, 9.17) is 4.74 Å². The van der Waals surface area contributed by atoms with E-state index in [0.717, 1.165) is 5.56 Å². The van der Waals surface area contributed by atoms with E-state index in [0.29, 0.717) is 5.75 Å². The van der Waals surface area contributed by atoms with Gasteiger partial charge in [0.1, 0.15) is 5.75 Å². The molecule has 2 rings (SSSR count). The Morgan fingerprint density at radius 1 is 1.10 bits per heavy atom. The first kappa shape index (κ1) is 14.5. The number of aromatic hydroxyl groups is 1. The van der Waals surface area contributed by atoms with Crippen LogP contribution in [0.2, 0.25) is 0 Å². The molecular formula is C17H14O4. The summed E-state index contributed by atoms with van der Waals surface area (Å²) in [5.74, 6) is -0.365. The summed E-state index contributed by atoms with van der Waals surface area (Å²) >= 11 is 0. The first-order valence-corrected chi connectivity index (χ1v) is 6.31. The molecule has 0 aliphatic heterocycles. The fourth-order valence-corrected chi connectivity index (χ4v) is 1.84. The molecule has 21 heavy (non-hydrogen) atoms. The quantitative estimate of drug-likeness (QED) is 0.691. The Balaban J connectivity index is 2.35. The average Bonchev–Trinajstić information content (AvgIpc) is 2.67. The molecule has 0 spiro atoms. The minimum Gasteiger partial charge on any atom is -0.504 e. The molecule has 1 N–H and O–H groups in total. The predicted molar refractivity (Wildman–Crippen MR) is 80.7 cm³/mol. The Hall–Kier alpha value is -2.88. The van der Waals surface area contributed by atoms with Gasteiger partial charge in [-0.2, -0.15) is 0 Å². The second kappa shape index (κ2) is 6.52. The summed E-state index contributed by atoms with van der Waals surface area (Å²) < 4.78 is 5.18. The maximum atomic E-state index is 12.1. The third kappa shape index (κ3) is 3.36. The van der Waals surface area contributed by atoms with Gasteiger partial charge >= 0.3 is 0 Å². The molecule has 0 radical (unpaired) electrons. The van der Waals surface area contributed by atoms with E-state index in [1.165, 1.54) is 30.3 Å². The third-order valence-corrected chi connectivity index (χ3v) is 2.93. The maximum absolute atomic E-state index is 12.1. The van der Waals surface area contributed by atoms with Gasteiger partial charge in [-0.1, -0.05) is 30.3 Å².